The van der Waals surface area contributed by atoms with Crippen LogP contribution in [0, 0.1) is 0 Å². The van der Waals surface area contributed by atoms with Gasteiger partial charge in [0.1, 0.15) is 0 Å². The van der Waals surface area contributed by atoms with Gasteiger partial charge in [0.25, 0.3) is 0 Å². The maximum absolute atomic E-state index is 6.12. The van der Waals surface area contributed by atoms with Crippen molar-refractivity contribution in [2.24, 2.45) is 12.8 Å². The molecule has 1 aromatic rings. The standard InChI is InChI=1S/C12H22BrN3O/c1-4-10-12(13)11(16(2)15-10)8-9(14)6-5-7-17-3/h9H,4-8,14H2,1-3H3. The van der Waals surface area contributed by atoms with Crippen molar-refractivity contribution in [2.75, 3.05) is 13.7 Å². The van der Waals surface area contributed by atoms with E-state index in [9.17, 15) is 0 Å². The van der Waals surface area contributed by atoms with Gasteiger partial charge in [-0.2, -0.15) is 5.10 Å². The minimum atomic E-state index is 0.168. The summed E-state index contributed by atoms with van der Waals surface area (Å²) in [6.45, 7) is 2.88. The van der Waals surface area contributed by atoms with Gasteiger partial charge in [0.05, 0.1) is 15.9 Å². The van der Waals surface area contributed by atoms with Gasteiger partial charge < -0.3 is 10.5 Å². The van der Waals surface area contributed by atoms with Crippen LogP contribution in [0.2, 0.25) is 0 Å². The summed E-state index contributed by atoms with van der Waals surface area (Å²) in [5.41, 5.74) is 8.41. The Morgan fingerprint density at radius 3 is 2.76 bits per heavy atom. The molecule has 17 heavy (non-hydrogen) atoms. The molecule has 0 spiro atoms. The number of rotatable bonds is 7. The van der Waals surface area contributed by atoms with Crippen LogP contribution < -0.4 is 5.73 Å². The number of methoxy groups -OCH3 is 1. The second-order valence-electron chi connectivity index (χ2n) is 4.28. The number of halogens is 1. The minimum Gasteiger partial charge on any atom is -0.385 e. The first-order valence-electron chi connectivity index (χ1n) is 6.04. The first-order chi connectivity index (χ1) is 8.10. The highest BCUT2D eigenvalue weighted by atomic mass is 79.9. The van der Waals surface area contributed by atoms with E-state index in [2.05, 4.69) is 28.0 Å². The minimum absolute atomic E-state index is 0.168. The van der Waals surface area contributed by atoms with Crippen molar-refractivity contribution < 1.29 is 4.74 Å². The number of nitrogens with zero attached hydrogens (tertiary/aromatic N) is 2. The van der Waals surface area contributed by atoms with Gasteiger partial charge in [0.2, 0.25) is 0 Å². The fourth-order valence-corrected chi connectivity index (χ4v) is 2.66. The maximum Gasteiger partial charge on any atom is 0.0766 e. The highest BCUT2D eigenvalue weighted by Crippen LogP contribution is 2.23. The van der Waals surface area contributed by atoms with Gasteiger partial charge in [0, 0.05) is 33.2 Å². The Bertz CT molecular complexity index is 352. The van der Waals surface area contributed by atoms with Gasteiger partial charge in [-0.1, -0.05) is 6.92 Å². The lowest BCUT2D eigenvalue weighted by molar-refractivity contribution is 0.190. The summed E-state index contributed by atoms with van der Waals surface area (Å²) in [6.07, 6.45) is 3.78. The Morgan fingerprint density at radius 2 is 2.24 bits per heavy atom. The molecule has 0 saturated carbocycles. The van der Waals surface area contributed by atoms with E-state index in [4.69, 9.17) is 10.5 Å². The molecule has 0 fully saturated rings. The summed E-state index contributed by atoms with van der Waals surface area (Å²) in [7, 11) is 3.69. The van der Waals surface area contributed by atoms with Crippen molar-refractivity contribution >= 4 is 15.9 Å². The Labute approximate surface area is 112 Å². The van der Waals surface area contributed by atoms with Crippen molar-refractivity contribution in [3.05, 3.63) is 15.9 Å². The third-order valence-electron chi connectivity index (χ3n) is 2.88. The summed E-state index contributed by atoms with van der Waals surface area (Å²) in [5.74, 6) is 0. The van der Waals surface area contributed by atoms with Crippen LogP contribution >= 0.6 is 15.9 Å². The van der Waals surface area contributed by atoms with Crippen LogP contribution in [0.5, 0.6) is 0 Å². The maximum atomic E-state index is 6.12. The number of ether oxygens (including phenoxy) is 1. The fourth-order valence-electron chi connectivity index (χ4n) is 1.88. The number of hydrogen-bond donors (Lipinski definition) is 1. The Kier molecular flexibility index (Phi) is 6.16. The number of aryl methyl sites for hydroxylation is 2. The van der Waals surface area contributed by atoms with E-state index >= 15 is 0 Å². The predicted molar refractivity (Wildman–Crippen MR) is 73.1 cm³/mol. The van der Waals surface area contributed by atoms with Crippen molar-refractivity contribution in [1.29, 1.82) is 0 Å². The lowest BCUT2D eigenvalue weighted by Gasteiger charge is -2.11. The first-order valence-corrected chi connectivity index (χ1v) is 6.84. The van der Waals surface area contributed by atoms with Crippen LogP contribution in [0.15, 0.2) is 4.47 Å². The average molecular weight is 304 g/mol. The lowest BCUT2D eigenvalue weighted by atomic mass is 10.1. The van der Waals surface area contributed by atoms with Crippen molar-refractivity contribution in [3.63, 3.8) is 0 Å². The van der Waals surface area contributed by atoms with Crippen molar-refractivity contribution in [3.8, 4) is 0 Å². The quantitative estimate of drug-likeness (QED) is 0.784. The van der Waals surface area contributed by atoms with Crippen LogP contribution in [0.1, 0.15) is 31.2 Å². The van der Waals surface area contributed by atoms with Gasteiger partial charge in [0.15, 0.2) is 0 Å². The van der Waals surface area contributed by atoms with Crippen LogP contribution in [0.3, 0.4) is 0 Å². The molecule has 0 amide bonds. The highest BCUT2D eigenvalue weighted by Gasteiger charge is 2.15. The van der Waals surface area contributed by atoms with Crippen LogP contribution in [-0.2, 0) is 24.6 Å². The van der Waals surface area contributed by atoms with E-state index in [0.29, 0.717) is 0 Å². The van der Waals surface area contributed by atoms with Crippen molar-refractivity contribution in [1.82, 2.24) is 9.78 Å². The molecule has 0 aliphatic rings. The van der Waals surface area contributed by atoms with Crippen LogP contribution in [0.25, 0.3) is 0 Å². The third kappa shape index (κ3) is 4.08. The predicted octanol–water partition coefficient (Wildman–Crippen LogP) is 2.04. The molecule has 1 heterocycles. The zero-order valence-electron chi connectivity index (χ0n) is 10.9. The molecule has 0 radical (unpaired) electrons. The van der Waals surface area contributed by atoms with E-state index in [-0.39, 0.29) is 6.04 Å². The second kappa shape index (κ2) is 7.13. The summed E-state index contributed by atoms with van der Waals surface area (Å²) in [6, 6.07) is 0.168. The largest absolute Gasteiger partial charge is 0.385 e. The van der Waals surface area contributed by atoms with E-state index in [0.717, 1.165) is 42.5 Å². The topological polar surface area (TPSA) is 53.1 Å². The van der Waals surface area contributed by atoms with E-state index < -0.39 is 0 Å². The molecule has 0 bridgehead atoms. The zero-order valence-corrected chi connectivity index (χ0v) is 12.5. The highest BCUT2D eigenvalue weighted by molar-refractivity contribution is 9.10. The molecule has 98 valence electrons. The van der Waals surface area contributed by atoms with Gasteiger partial charge in [-0.25, -0.2) is 0 Å². The molecular formula is C12H22BrN3O. The number of aromatic nitrogens is 2. The molecule has 0 aliphatic heterocycles. The Balaban J connectivity index is 2.58. The molecule has 1 rings (SSSR count). The molecule has 0 aromatic carbocycles. The zero-order chi connectivity index (χ0) is 12.8. The molecule has 1 unspecified atom stereocenters. The first kappa shape index (κ1) is 14.7. The van der Waals surface area contributed by atoms with E-state index in [1.54, 1.807) is 7.11 Å². The van der Waals surface area contributed by atoms with Crippen LogP contribution in [-0.4, -0.2) is 29.5 Å². The van der Waals surface area contributed by atoms with Gasteiger partial charge >= 0.3 is 0 Å². The monoisotopic (exact) mass is 303 g/mol. The summed E-state index contributed by atoms with van der Waals surface area (Å²) in [4.78, 5) is 0. The summed E-state index contributed by atoms with van der Waals surface area (Å²) >= 11 is 3.61. The normalized spacial score (nSPS) is 13.0. The molecule has 0 aliphatic carbocycles. The van der Waals surface area contributed by atoms with E-state index in [1.165, 1.54) is 5.69 Å². The van der Waals surface area contributed by atoms with Gasteiger partial charge in [-0.15, -0.1) is 0 Å². The number of nitrogens with two attached hydrogens (primary N) is 1. The van der Waals surface area contributed by atoms with Crippen molar-refractivity contribution in [2.45, 2.75) is 38.6 Å². The molecular weight excluding hydrogens is 282 g/mol. The molecule has 4 nitrogen and oxygen atoms in total. The SMILES string of the molecule is CCc1nn(C)c(CC(N)CCCOC)c1Br. The summed E-state index contributed by atoms with van der Waals surface area (Å²) in [5, 5.41) is 4.47. The smallest absolute Gasteiger partial charge is 0.0766 e. The van der Waals surface area contributed by atoms with Crippen LogP contribution in [0.4, 0.5) is 0 Å². The van der Waals surface area contributed by atoms with Gasteiger partial charge in [-0.05, 0) is 35.2 Å². The molecule has 2 N–H and O–H groups in total. The fraction of sp³-hybridized carbons (Fsp3) is 0.750. The second-order valence-corrected chi connectivity index (χ2v) is 5.08. The molecule has 1 aromatic heterocycles. The average Bonchev–Trinajstić information content (AvgIpc) is 2.57. The lowest BCUT2D eigenvalue weighted by Crippen LogP contribution is -2.24. The molecule has 1 atom stereocenters. The summed E-state index contributed by atoms with van der Waals surface area (Å²) < 4.78 is 8.07. The molecule has 5 heteroatoms. The third-order valence-corrected chi connectivity index (χ3v) is 3.80. The van der Waals surface area contributed by atoms with Gasteiger partial charge in [-0.3, -0.25) is 4.68 Å². The number of hydrogen-bond acceptors (Lipinski definition) is 3. The Morgan fingerprint density at radius 1 is 1.53 bits per heavy atom. The molecule has 0 saturated heterocycles. The Hall–Kier alpha value is -0.390. The van der Waals surface area contributed by atoms with E-state index in [1.807, 2.05) is 11.7 Å².